The molecule has 0 spiro atoms. The molecule has 1 aliphatic heterocycles. The first-order valence-corrected chi connectivity index (χ1v) is 11.2. The molecule has 0 unspecified atom stereocenters. The van der Waals surface area contributed by atoms with Crippen molar-refractivity contribution < 1.29 is 18.7 Å². The summed E-state index contributed by atoms with van der Waals surface area (Å²) in [6.07, 6.45) is 0. The molecule has 0 aliphatic carbocycles. The van der Waals surface area contributed by atoms with Gasteiger partial charge in [0.25, 0.3) is 0 Å². The van der Waals surface area contributed by atoms with Crippen molar-refractivity contribution in [2.75, 3.05) is 17.9 Å². The number of nitrogens with one attached hydrogen (secondary N) is 1. The number of amides is 1. The van der Waals surface area contributed by atoms with Crippen molar-refractivity contribution in [3.8, 4) is 22.9 Å². The van der Waals surface area contributed by atoms with Crippen LogP contribution in [0.3, 0.4) is 0 Å². The number of ether oxygens (including phenoxy) is 2. The highest BCUT2D eigenvalue weighted by atomic mass is 32.2. The zero-order valence-electron chi connectivity index (χ0n) is 17.4. The Morgan fingerprint density at radius 1 is 1.00 bits per heavy atom. The second-order valence-electron chi connectivity index (χ2n) is 7.29. The molecule has 0 saturated carbocycles. The van der Waals surface area contributed by atoms with Gasteiger partial charge in [-0.05, 0) is 42.0 Å². The lowest BCUT2D eigenvalue weighted by Crippen LogP contribution is -2.14. The molecule has 1 amide bonds. The molecule has 0 radical (unpaired) electrons. The largest absolute Gasteiger partial charge is 0.454 e. The number of carbonyl (C=O) groups is 1. The number of carbonyl (C=O) groups excluding carboxylic acids is 1. The van der Waals surface area contributed by atoms with Gasteiger partial charge in [0.15, 0.2) is 22.5 Å². The summed E-state index contributed by atoms with van der Waals surface area (Å²) in [5, 5.41) is 12.1. The molecule has 9 heteroatoms. The van der Waals surface area contributed by atoms with E-state index in [2.05, 4.69) is 15.5 Å². The summed E-state index contributed by atoms with van der Waals surface area (Å²) >= 11 is 1.29. The van der Waals surface area contributed by atoms with E-state index in [1.54, 1.807) is 30.3 Å². The Hall–Kier alpha value is -3.85. The van der Waals surface area contributed by atoms with E-state index < -0.39 is 0 Å². The third-order valence-electron chi connectivity index (χ3n) is 4.99. The summed E-state index contributed by atoms with van der Waals surface area (Å²) in [4.78, 5) is 12.6. The van der Waals surface area contributed by atoms with Gasteiger partial charge in [0.1, 0.15) is 5.82 Å². The molecule has 1 aliphatic rings. The molecule has 7 nitrogen and oxygen atoms in total. The smallest absolute Gasteiger partial charge is 0.234 e. The van der Waals surface area contributed by atoms with Crippen molar-refractivity contribution in [2.24, 2.45) is 0 Å². The molecule has 3 aromatic carbocycles. The summed E-state index contributed by atoms with van der Waals surface area (Å²) < 4.78 is 26.0. The molecule has 166 valence electrons. The molecule has 5 rings (SSSR count). The van der Waals surface area contributed by atoms with Crippen LogP contribution in [0.1, 0.15) is 5.56 Å². The monoisotopic (exact) mass is 462 g/mol. The SMILES string of the molecule is O=C(CSc1nnc(-c2ccc(F)cc2)n1Cc1ccccc1)Nc1ccc2c(c1)OCO2. The molecular weight excluding hydrogens is 443 g/mol. The Morgan fingerprint density at radius 2 is 1.79 bits per heavy atom. The number of hydrogen-bond acceptors (Lipinski definition) is 6. The first-order chi connectivity index (χ1) is 16.2. The number of fused-ring (bicyclic) bond motifs is 1. The summed E-state index contributed by atoms with van der Waals surface area (Å²) in [6.45, 7) is 0.697. The van der Waals surface area contributed by atoms with Gasteiger partial charge in [-0.25, -0.2) is 4.39 Å². The molecule has 0 fully saturated rings. The van der Waals surface area contributed by atoms with Crippen LogP contribution in [0.4, 0.5) is 10.1 Å². The van der Waals surface area contributed by atoms with Crippen molar-refractivity contribution in [2.45, 2.75) is 11.7 Å². The van der Waals surface area contributed by atoms with Crippen LogP contribution in [0.2, 0.25) is 0 Å². The first kappa shape index (κ1) is 21.0. The van der Waals surface area contributed by atoms with Crippen LogP contribution in [0.25, 0.3) is 11.4 Å². The quantitative estimate of drug-likeness (QED) is 0.405. The highest BCUT2D eigenvalue weighted by Crippen LogP contribution is 2.34. The molecule has 0 atom stereocenters. The summed E-state index contributed by atoms with van der Waals surface area (Å²) in [5.41, 5.74) is 2.44. The molecule has 2 heterocycles. The van der Waals surface area contributed by atoms with Gasteiger partial charge in [0.05, 0.1) is 12.3 Å². The van der Waals surface area contributed by atoms with E-state index in [4.69, 9.17) is 9.47 Å². The average molecular weight is 463 g/mol. The van der Waals surface area contributed by atoms with E-state index in [0.717, 1.165) is 11.1 Å². The molecule has 1 aromatic heterocycles. The van der Waals surface area contributed by atoms with Crippen molar-refractivity contribution in [3.63, 3.8) is 0 Å². The van der Waals surface area contributed by atoms with Crippen molar-refractivity contribution in [1.29, 1.82) is 0 Å². The van der Waals surface area contributed by atoms with E-state index in [1.807, 2.05) is 34.9 Å². The van der Waals surface area contributed by atoms with Gasteiger partial charge >= 0.3 is 0 Å². The van der Waals surface area contributed by atoms with Gasteiger partial charge in [0.2, 0.25) is 12.7 Å². The molecule has 33 heavy (non-hydrogen) atoms. The van der Waals surface area contributed by atoms with E-state index in [9.17, 15) is 9.18 Å². The number of hydrogen-bond donors (Lipinski definition) is 1. The molecule has 0 bridgehead atoms. The van der Waals surface area contributed by atoms with Crippen LogP contribution >= 0.6 is 11.8 Å². The minimum atomic E-state index is -0.317. The lowest BCUT2D eigenvalue weighted by atomic mass is 10.2. The van der Waals surface area contributed by atoms with Crippen molar-refractivity contribution >= 4 is 23.4 Å². The summed E-state index contributed by atoms with van der Waals surface area (Å²) in [7, 11) is 0. The minimum absolute atomic E-state index is 0.144. The first-order valence-electron chi connectivity index (χ1n) is 10.2. The van der Waals surface area contributed by atoms with Gasteiger partial charge in [-0.3, -0.25) is 9.36 Å². The van der Waals surface area contributed by atoms with E-state index in [0.29, 0.717) is 34.7 Å². The second kappa shape index (κ2) is 9.33. The normalized spacial score (nSPS) is 12.0. The molecular formula is C24H19FN4O3S. The molecule has 0 saturated heterocycles. The fourth-order valence-corrected chi connectivity index (χ4v) is 4.16. The number of benzene rings is 3. The lowest BCUT2D eigenvalue weighted by Gasteiger charge is -2.11. The maximum absolute atomic E-state index is 13.4. The standard InChI is InChI=1S/C24H19FN4O3S/c25-18-8-6-17(7-9-18)23-27-28-24(29(23)13-16-4-2-1-3-5-16)33-14-22(30)26-19-10-11-20-21(12-19)32-15-31-20/h1-12H,13-15H2,(H,26,30). The third kappa shape index (κ3) is 4.83. The summed E-state index contributed by atoms with van der Waals surface area (Å²) in [5.74, 6) is 1.51. The van der Waals surface area contributed by atoms with E-state index in [-0.39, 0.29) is 24.3 Å². The third-order valence-corrected chi connectivity index (χ3v) is 5.96. The maximum atomic E-state index is 13.4. The van der Waals surface area contributed by atoms with Gasteiger partial charge in [-0.2, -0.15) is 0 Å². The Labute approximate surface area is 193 Å². The lowest BCUT2D eigenvalue weighted by molar-refractivity contribution is -0.113. The van der Waals surface area contributed by atoms with Crippen LogP contribution in [0.15, 0.2) is 78.0 Å². The number of rotatable bonds is 7. The number of thioether (sulfide) groups is 1. The van der Waals surface area contributed by atoms with Crippen LogP contribution < -0.4 is 14.8 Å². The topological polar surface area (TPSA) is 78.3 Å². The maximum Gasteiger partial charge on any atom is 0.234 e. The number of halogens is 1. The predicted octanol–water partition coefficient (Wildman–Crippen LogP) is 4.59. The van der Waals surface area contributed by atoms with Gasteiger partial charge in [0, 0.05) is 17.3 Å². The zero-order valence-corrected chi connectivity index (χ0v) is 18.2. The second-order valence-corrected chi connectivity index (χ2v) is 8.23. The molecule has 4 aromatic rings. The molecule has 1 N–H and O–H groups in total. The minimum Gasteiger partial charge on any atom is -0.454 e. The summed E-state index contributed by atoms with van der Waals surface area (Å²) in [6, 6.07) is 21.3. The number of nitrogens with zero attached hydrogens (tertiary/aromatic N) is 3. The van der Waals surface area contributed by atoms with E-state index in [1.165, 1.54) is 23.9 Å². The van der Waals surface area contributed by atoms with Crippen LogP contribution in [-0.2, 0) is 11.3 Å². The van der Waals surface area contributed by atoms with Gasteiger partial charge < -0.3 is 14.8 Å². The van der Waals surface area contributed by atoms with Crippen LogP contribution in [-0.4, -0.2) is 33.2 Å². The van der Waals surface area contributed by atoms with Crippen molar-refractivity contribution in [3.05, 3.63) is 84.2 Å². The fourth-order valence-electron chi connectivity index (χ4n) is 3.42. The number of anilines is 1. The fraction of sp³-hybridized carbons (Fsp3) is 0.125. The number of aromatic nitrogens is 3. The Kier molecular flexibility index (Phi) is 5.95. The van der Waals surface area contributed by atoms with E-state index >= 15 is 0 Å². The predicted molar refractivity (Wildman–Crippen MR) is 123 cm³/mol. The van der Waals surface area contributed by atoms with Crippen molar-refractivity contribution in [1.82, 2.24) is 14.8 Å². The van der Waals surface area contributed by atoms with Crippen LogP contribution in [0.5, 0.6) is 11.5 Å². The van der Waals surface area contributed by atoms with Gasteiger partial charge in [-0.1, -0.05) is 42.1 Å². The zero-order chi connectivity index (χ0) is 22.6. The highest BCUT2D eigenvalue weighted by Gasteiger charge is 2.18. The van der Waals surface area contributed by atoms with Crippen LogP contribution in [0, 0.1) is 5.82 Å². The Morgan fingerprint density at radius 3 is 2.61 bits per heavy atom. The highest BCUT2D eigenvalue weighted by molar-refractivity contribution is 7.99. The average Bonchev–Trinajstić information content (AvgIpc) is 3.46. The van der Waals surface area contributed by atoms with Gasteiger partial charge in [-0.15, -0.1) is 10.2 Å². The Balaban J connectivity index is 1.33. The Bertz CT molecular complexity index is 1280.